The van der Waals surface area contributed by atoms with Crippen LogP contribution >= 0.6 is 10.2 Å². The van der Waals surface area contributed by atoms with Crippen molar-refractivity contribution in [2.75, 3.05) is 0 Å². The predicted molar refractivity (Wildman–Crippen MR) is 47.8 cm³/mol. The molecule has 1 rings (SSSR count). The summed E-state index contributed by atoms with van der Waals surface area (Å²) >= 11 is 0. The van der Waals surface area contributed by atoms with Gasteiger partial charge in [0.1, 0.15) is 4.90 Å². The first-order chi connectivity index (χ1) is 6.83. The van der Waals surface area contributed by atoms with Crippen LogP contribution in [0.5, 0.6) is 0 Å². The third kappa shape index (κ3) is 2.49. The molecule has 0 aliphatic heterocycles. The van der Waals surface area contributed by atoms with Crippen LogP contribution in [-0.4, -0.2) is 5.78 Å². The van der Waals surface area contributed by atoms with Crippen molar-refractivity contribution >= 4 is 16.0 Å². The fourth-order valence-electron chi connectivity index (χ4n) is 1.08. The minimum Gasteiger partial charge on any atom is -0.294 e. The highest BCUT2D eigenvalue weighted by atomic mass is 32.5. The van der Waals surface area contributed by atoms with E-state index in [0.717, 1.165) is 6.92 Å². The maximum absolute atomic E-state index is 13.1. The van der Waals surface area contributed by atoms with Gasteiger partial charge in [-0.05, 0) is 19.1 Å². The van der Waals surface area contributed by atoms with Gasteiger partial charge >= 0.3 is 10.2 Å². The van der Waals surface area contributed by atoms with Crippen molar-refractivity contribution in [3.63, 3.8) is 0 Å². The van der Waals surface area contributed by atoms with Crippen LogP contribution in [0.1, 0.15) is 17.3 Å². The third-order valence-corrected chi connectivity index (χ3v) is 2.90. The van der Waals surface area contributed by atoms with E-state index in [0.29, 0.717) is 12.1 Å². The standard InChI is InChI=1S/C8H6F6OS/c1-5(15)6-3-2-4-7(8(6)9)16(10,11,12,13)14/h2-4H,1H3. The van der Waals surface area contributed by atoms with Crippen LogP contribution in [0.4, 0.5) is 23.8 Å². The molecule has 0 bridgehead atoms. The van der Waals surface area contributed by atoms with Gasteiger partial charge in [0.05, 0.1) is 5.56 Å². The molecule has 1 aromatic rings. The molecule has 0 atom stereocenters. The summed E-state index contributed by atoms with van der Waals surface area (Å²) in [7, 11) is -10.1. The van der Waals surface area contributed by atoms with Gasteiger partial charge in [-0.3, -0.25) is 4.79 Å². The summed E-state index contributed by atoms with van der Waals surface area (Å²) in [5.41, 5.74) is -1.01. The lowest BCUT2D eigenvalue weighted by Crippen LogP contribution is -2.11. The number of Topliss-reactive ketones (excluding diaryl/α,β-unsaturated/α-hetero) is 1. The maximum atomic E-state index is 13.1. The molecule has 0 aliphatic rings. The van der Waals surface area contributed by atoms with E-state index in [1.807, 2.05) is 0 Å². The van der Waals surface area contributed by atoms with Gasteiger partial charge in [-0.15, -0.1) is 0 Å². The normalized spacial score (nSPS) is 16.4. The summed E-state index contributed by atoms with van der Waals surface area (Å²) in [4.78, 5) is 8.06. The van der Waals surface area contributed by atoms with E-state index >= 15 is 0 Å². The van der Waals surface area contributed by atoms with Crippen molar-refractivity contribution in [2.45, 2.75) is 11.8 Å². The summed E-state index contributed by atoms with van der Waals surface area (Å²) < 4.78 is 74.6. The van der Waals surface area contributed by atoms with Gasteiger partial charge in [-0.1, -0.05) is 25.5 Å². The van der Waals surface area contributed by atoms with Gasteiger partial charge in [0, 0.05) is 0 Å². The molecule has 0 saturated heterocycles. The van der Waals surface area contributed by atoms with Crippen molar-refractivity contribution in [2.24, 2.45) is 0 Å². The zero-order chi connectivity index (χ0) is 12.8. The molecule has 0 aromatic heterocycles. The number of rotatable bonds is 2. The Bertz CT molecular complexity index is 462. The highest BCUT2D eigenvalue weighted by molar-refractivity contribution is 8.45. The Morgan fingerprint density at radius 3 is 2.00 bits per heavy atom. The van der Waals surface area contributed by atoms with E-state index in [9.17, 15) is 28.6 Å². The zero-order valence-electron chi connectivity index (χ0n) is 7.82. The summed E-state index contributed by atoms with van der Waals surface area (Å²) in [6.45, 7) is 0.785. The van der Waals surface area contributed by atoms with Crippen LogP contribution in [0.25, 0.3) is 0 Å². The number of ketones is 1. The predicted octanol–water partition coefficient (Wildman–Crippen LogP) is 4.69. The fraction of sp³-hybridized carbons (Fsp3) is 0.125. The van der Waals surface area contributed by atoms with E-state index in [-0.39, 0.29) is 6.07 Å². The average Bonchev–Trinajstić information content (AvgIpc) is 1.98. The number of carbonyl (C=O) groups excluding carboxylic acids is 1. The Morgan fingerprint density at radius 1 is 1.12 bits per heavy atom. The second kappa shape index (κ2) is 2.73. The maximum Gasteiger partial charge on any atom is 0.313 e. The van der Waals surface area contributed by atoms with E-state index in [1.165, 1.54) is 0 Å². The number of hydrogen-bond acceptors (Lipinski definition) is 1. The zero-order valence-corrected chi connectivity index (χ0v) is 8.63. The van der Waals surface area contributed by atoms with Crippen LogP contribution in [0.2, 0.25) is 0 Å². The molecule has 92 valence electrons. The Balaban J connectivity index is 3.64. The number of carbonyl (C=O) groups is 1. The SMILES string of the molecule is CC(=O)c1cccc(S(F)(F)(F)(F)F)c1F. The van der Waals surface area contributed by atoms with Crippen LogP contribution < -0.4 is 0 Å². The second-order valence-electron chi connectivity index (χ2n) is 3.14. The molecular weight excluding hydrogens is 258 g/mol. The summed E-state index contributed by atoms with van der Waals surface area (Å²) in [6, 6.07) is 1.20. The lowest BCUT2D eigenvalue weighted by Gasteiger charge is -2.40. The molecule has 0 N–H and O–H groups in total. The Kier molecular flexibility index (Phi) is 2.20. The Hall–Kier alpha value is -1.18. The van der Waals surface area contributed by atoms with E-state index < -0.39 is 32.3 Å². The Morgan fingerprint density at radius 2 is 1.62 bits per heavy atom. The lowest BCUT2D eigenvalue weighted by molar-refractivity contribution is 0.101. The molecule has 0 amide bonds. The average molecular weight is 264 g/mol. The highest BCUT2D eigenvalue weighted by Crippen LogP contribution is 3.02. The van der Waals surface area contributed by atoms with Crippen molar-refractivity contribution in [1.29, 1.82) is 0 Å². The van der Waals surface area contributed by atoms with E-state index in [2.05, 4.69) is 0 Å². The number of benzene rings is 1. The molecule has 0 fully saturated rings. The van der Waals surface area contributed by atoms with Gasteiger partial charge < -0.3 is 0 Å². The van der Waals surface area contributed by atoms with Crippen molar-refractivity contribution < 1.29 is 28.6 Å². The fourth-order valence-corrected chi connectivity index (χ4v) is 1.86. The summed E-state index contributed by atoms with van der Waals surface area (Å²) in [5.74, 6) is -3.28. The smallest absolute Gasteiger partial charge is 0.294 e. The van der Waals surface area contributed by atoms with Crippen molar-refractivity contribution in [3.8, 4) is 0 Å². The lowest BCUT2D eigenvalue weighted by atomic mass is 10.1. The molecular formula is C8H6F6OS. The molecule has 0 spiro atoms. The van der Waals surface area contributed by atoms with Crippen molar-refractivity contribution in [3.05, 3.63) is 29.6 Å². The van der Waals surface area contributed by atoms with Crippen LogP contribution in [-0.2, 0) is 0 Å². The largest absolute Gasteiger partial charge is 0.313 e. The molecule has 0 unspecified atom stereocenters. The third-order valence-electron chi connectivity index (χ3n) is 1.76. The molecule has 0 heterocycles. The van der Waals surface area contributed by atoms with Gasteiger partial charge in [-0.25, -0.2) is 4.39 Å². The second-order valence-corrected chi connectivity index (χ2v) is 5.52. The van der Waals surface area contributed by atoms with Gasteiger partial charge in [-0.2, -0.15) is 0 Å². The monoisotopic (exact) mass is 264 g/mol. The van der Waals surface area contributed by atoms with Gasteiger partial charge in [0.2, 0.25) is 0 Å². The topological polar surface area (TPSA) is 17.1 Å². The van der Waals surface area contributed by atoms with Crippen LogP contribution in [0.15, 0.2) is 23.1 Å². The molecule has 8 heteroatoms. The molecule has 16 heavy (non-hydrogen) atoms. The van der Waals surface area contributed by atoms with E-state index in [4.69, 9.17) is 0 Å². The minimum atomic E-state index is -10.1. The highest BCUT2D eigenvalue weighted by Gasteiger charge is 2.67. The van der Waals surface area contributed by atoms with Crippen LogP contribution in [0.3, 0.4) is 0 Å². The molecule has 1 nitrogen and oxygen atoms in total. The van der Waals surface area contributed by atoms with Crippen LogP contribution in [0, 0.1) is 5.82 Å². The molecule has 0 saturated carbocycles. The first-order valence-corrected chi connectivity index (χ1v) is 5.81. The summed E-state index contributed by atoms with van der Waals surface area (Å²) in [5, 5.41) is 0. The number of halogens is 6. The van der Waals surface area contributed by atoms with Gasteiger partial charge in [0.25, 0.3) is 0 Å². The minimum absolute atomic E-state index is 0.0800. The Labute approximate surface area is 86.8 Å². The molecule has 1 aromatic carbocycles. The number of hydrogen-bond donors (Lipinski definition) is 0. The van der Waals surface area contributed by atoms with Crippen molar-refractivity contribution in [1.82, 2.24) is 0 Å². The first-order valence-electron chi connectivity index (χ1n) is 3.86. The van der Waals surface area contributed by atoms with E-state index in [1.54, 1.807) is 0 Å². The molecule has 0 aliphatic carbocycles. The first kappa shape index (κ1) is 12.9. The molecule has 0 radical (unpaired) electrons. The quantitative estimate of drug-likeness (QED) is 0.559. The van der Waals surface area contributed by atoms with Gasteiger partial charge in [0.15, 0.2) is 11.6 Å². The summed E-state index contributed by atoms with van der Waals surface area (Å²) in [6.07, 6.45) is 0.